The van der Waals surface area contributed by atoms with Gasteiger partial charge in [0.1, 0.15) is 6.10 Å². The van der Waals surface area contributed by atoms with E-state index in [1.54, 1.807) is 18.1 Å². The van der Waals surface area contributed by atoms with Gasteiger partial charge in [0.2, 0.25) is 0 Å². The van der Waals surface area contributed by atoms with Crippen LogP contribution in [0.2, 0.25) is 0 Å². The van der Waals surface area contributed by atoms with E-state index in [4.69, 9.17) is 4.74 Å². The van der Waals surface area contributed by atoms with Gasteiger partial charge in [-0.1, -0.05) is 73.1 Å². The molecule has 34 heavy (non-hydrogen) atoms. The number of ether oxygens (including phenoxy) is 1. The third-order valence-corrected chi connectivity index (χ3v) is 13.0. The topological polar surface area (TPSA) is 26.3 Å². The third kappa shape index (κ3) is 3.02. The fourth-order valence-corrected chi connectivity index (χ4v) is 10.7. The quantitative estimate of drug-likeness (QED) is 0.362. The standard InChI is InChI=1S/C32H50O2/c1-20-12-15-29(6)18-19-31(8)24-10-11-25-28(4,5)26(34-22(3)33)14-16-30(25,7)23(24)13-17-32(31,9)27(29)21(20)2/h10-11,20-21,25-27H,12-19H2,1-9H3/t20-,21+,25+,26+,27-,29-,30-,31-,32+/m1/s1. The van der Waals surface area contributed by atoms with Gasteiger partial charge in [-0.25, -0.2) is 0 Å². The average Bonchev–Trinajstić information content (AvgIpc) is 2.74. The van der Waals surface area contributed by atoms with E-state index in [0.29, 0.717) is 16.7 Å². The smallest absolute Gasteiger partial charge is 0.302 e. The highest BCUT2D eigenvalue weighted by molar-refractivity contribution is 5.66. The highest BCUT2D eigenvalue weighted by atomic mass is 16.5. The van der Waals surface area contributed by atoms with Crippen molar-refractivity contribution in [2.24, 2.45) is 50.7 Å². The molecule has 0 aromatic heterocycles. The first-order chi connectivity index (χ1) is 15.7. The number of esters is 1. The fourth-order valence-electron chi connectivity index (χ4n) is 10.7. The molecule has 0 aliphatic heterocycles. The normalized spacial score (nSPS) is 51.6. The van der Waals surface area contributed by atoms with E-state index < -0.39 is 0 Å². The molecule has 0 aromatic rings. The lowest BCUT2D eigenvalue weighted by Crippen LogP contribution is -2.61. The first-order valence-electron chi connectivity index (χ1n) is 14.3. The van der Waals surface area contributed by atoms with Crippen LogP contribution in [-0.2, 0) is 9.53 Å². The molecule has 0 saturated heterocycles. The van der Waals surface area contributed by atoms with Crippen molar-refractivity contribution < 1.29 is 9.53 Å². The van der Waals surface area contributed by atoms with Crippen molar-refractivity contribution in [2.45, 2.75) is 120 Å². The fraction of sp³-hybridized carbons (Fsp3) is 0.844. The summed E-state index contributed by atoms with van der Waals surface area (Å²) in [6.45, 7) is 21.9. The Bertz CT molecular complexity index is 941. The van der Waals surface area contributed by atoms with Crippen molar-refractivity contribution in [1.29, 1.82) is 0 Å². The number of allylic oxidation sites excluding steroid dienone is 4. The summed E-state index contributed by atoms with van der Waals surface area (Å²) in [5.41, 5.74) is 4.73. The monoisotopic (exact) mass is 466 g/mol. The van der Waals surface area contributed by atoms with Crippen molar-refractivity contribution in [3.8, 4) is 0 Å². The van der Waals surface area contributed by atoms with E-state index in [-0.39, 0.29) is 28.3 Å². The largest absolute Gasteiger partial charge is 0.462 e. The van der Waals surface area contributed by atoms with Crippen LogP contribution in [0.1, 0.15) is 114 Å². The van der Waals surface area contributed by atoms with Gasteiger partial charge in [0.25, 0.3) is 0 Å². The molecule has 5 aliphatic rings. The highest BCUT2D eigenvalue weighted by Crippen LogP contribution is 2.74. The molecule has 3 saturated carbocycles. The van der Waals surface area contributed by atoms with E-state index in [0.717, 1.165) is 30.6 Å². The molecule has 0 N–H and O–H groups in total. The summed E-state index contributed by atoms with van der Waals surface area (Å²) in [7, 11) is 0. The van der Waals surface area contributed by atoms with Crippen LogP contribution in [0.5, 0.6) is 0 Å². The number of fused-ring (bicyclic) bond motifs is 6. The first kappa shape index (κ1) is 24.6. The second kappa shape index (κ2) is 7.48. The Morgan fingerprint density at radius 3 is 2.32 bits per heavy atom. The lowest BCUT2D eigenvalue weighted by atomic mass is 9.35. The van der Waals surface area contributed by atoms with Gasteiger partial charge in [0.15, 0.2) is 0 Å². The van der Waals surface area contributed by atoms with Crippen molar-refractivity contribution in [2.75, 3.05) is 0 Å². The number of rotatable bonds is 1. The van der Waals surface area contributed by atoms with Crippen molar-refractivity contribution >= 4 is 5.97 Å². The molecule has 0 spiro atoms. The van der Waals surface area contributed by atoms with Gasteiger partial charge in [0.05, 0.1) is 0 Å². The van der Waals surface area contributed by atoms with Gasteiger partial charge in [-0.05, 0) is 102 Å². The van der Waals surface area contributed by atoms with E-state index in [2.05, 4.69) is 67.5 Å². The van der Waals surface area contributed by atoms with Crippen molar-refractivity contribution in [1.82, 2.24) is 0 Å². The van der Waals surface area contributed by atoms with Gasteiger partial charge in [-0.2, -0.15) is 0 Å². The van der Waals surface area contributed by atoms with Crippen LogP contribution in [0.4, 0.5) is 0 Å². The van der Waals surface area contributed by atoms with Crippen LogP contribution >= 0.6 is 0 Å². The highest BCUT2D eigenvalue weighted by Gasteiger charge is 2.65. The average molecular weight is 467 g/mol. The Hall–Kier alpha value is -1.05. The number of carbonyl (C=O) groups excluding carboxylic acids is 1. The van der Waals surface area contributed by atoms with E-state index in [9.17, 15) is 4.79 Å². The molecular weight excluding hydrogens is 416 g/mol. The molecule has 0 aromatic carbocycles. The second-order valence-electron chi connectivity index (χ2n) is 14.9. The van der Waals surface area contributed by atoms with Gasteiger partial charge >= 0.3 is 5.97 Å². The minimum atomic E-state index is -0.136. The molecule has 0 amide bonds. The van der Waals surface area contributed by atoms with Crippen LogP contribution in [-0.4, -0.2) is 12.1 Å². The molecule has 2 nitrogen and oxygen atoms in total. The maximum absolute atomic E-state index is 11.8. The summed E-state index contributed by atoms with van der Waals surface area (Å²) in [6, 6.07) is 0. The molecule has 0 bridgehead atoms. The number of hydrogen-bond donors (Lipinski definition) is 0. The van der Waals surface area contributed by atoms with Gasteiger partial charge in [-0.15, -0.1) is 0 Å². The van der Waals surface area contributed by atoms with Crippen LogP contribution in [0.3, 0.4) is 0 Å². The predicted octanol–water partition coefficient (Wildman–Crippen LogP) is 8.52. The molecule has 3 fully saturated rings. The molecule has 5 aliphatic carbocycles. The maximum Gasteiger partial charge on any atom is 0.302 e. The summed E-state index contributed by atoms with van der Waals surface area (Å²) >= 11 is 0. The summed E-state index contributed by atoms with van der Waals surface area (Å²) in [4.78, 5) is 11.8. The number of hydrogen-bond acceptors (Lipinski definition) is 2. The Morgan fingerprint density at radius 1 is 0.941 bits per heavy atom. The molecule has 9 atom stereocenters. The Morgan fingerprint density at radius 2 is 1.65 bits per heavy atom. The molecule has 0 unspecified atom stereocenters. The van der Waals surface area contributed by atoms with Crippen LogP contribution in [0.25, 0.3) is 0 Å². The van der Waals surface area contributed by atoms with Gasteiger partial charge in [0, 0.05) is 12.3 Å². The lowest BCUT2D eigenvalue weighted by molar-refractivity contribution is -0.167. The molecule has 0 heterocycles. The van der Waals surface area contributed by atoms with Crippen molar-refractivity contribution in [3.63, 3.8) is 0 Å². The molecule has 0 radical (unpaired) electrons. The predicted molar refractivity (Wildman–Crippen MR) is 140 cm³/mol. The van der Waals surface area contributed by atoms with E-state index in [1.165, 1.54) is 38.5 Å². The molecule has 190 valence electrons. The summed E-state index contributed by atoms with van der Waals surface area (Å²) < 4.78 is 5.86. The zero-order valence-corrected chi connectivity index (χ0v) is 23.5. The van der Waals surface area contributed by atoms with Gasteiger partial charge in [-0.3, -0.25) is 4.79 Å². The van der Waals surface area contributed by atoms with Crippen LogP contribution < -0.4 is 0 Å². The van der Waals surface area contributed by atoms with E-state index in [1.807, 2.05) is 0 Å². The Kier molecular flexibility index (Phi) is 5.42. The summed E-state index contributed by atoms with van der Waals surface area (Å²) in [6.07, 6.45) is 15.4. The first-order valence-corrected chi connectivity index (χ1v) is 14.3. The molecule has 2 heteroatoms. The molecular formula is C32H50O2. The summed E-state index contributed by atoms with van der Waals surface area (Å²) in [5.74, 6) is 2.75. The SMILES string of the molecule is CC(=O)O[C@H]1CC[C@]2(C)C3=C(C=C[C@H]2C1(C)C)[C@@]1(C)CC[C@@]2(C)CC[C@@H](C)[C@H](C)[C@H]2[C@]1(C)CC3. The minimum Gasteiger partial charge on any atom is -0.462 e. The lowest BCUT2D eigenvalue weighted by Gasteiger charge is -2.69. The summed E-state index contributed by atoms with van der Waals surface area (Å²) in [5, 5.41) is 0. The molecule has 5 rings (SSSR count). The van der Waals surface area contributed by atoms with Crippen LogP contribution in [0.15, 0.2) is 23.3 Å². The van der Waals surface area contributed by atoms with Crippen LogP contribution in [0, 0.1) is 50.7 Å². The Labute approximate surface area is 209 Å². The maximum atomic E-state index is 11.8. The number of carbonyl (C=O) groups is 1. The Balaban J connectivity index is 1.56. The van der Waals surface area contributed by atoms with Crippen molar-refractivity contribution in [3.05, 3.63) is 23.3 Å². The zero-order valence-electron chi connectivity index (χ0n) is 23.5. The third-order valence-electron chi connectivity index (χ3n) is 13.0. The second-order valence-corrected chi connectivity index (χ2v) is 14.9. The minimum absolute atomic E-state index is 0.0132. The van der Waals surface area contributed by atoms with Gasteiger partial charge < -0.3 is 4.74 Å². The van der Waals surface area contributed by atoms with E-state index >= 15 is 0 Å². The zero-order chi connectivity index (χ0) is 24.9.